The van der Waals surface area contributed by atoms with Gasteiger partial charge in [0, 0.05) is 6.42 Å². The number of hydrogen-bond acceptors (Lipinski definition) is 6. The topological polar surface area (TPSA) is 108 Å². The molecule has 0 saturated heterocycles. The van der Waals surface area contributed by atoms with Crippen molar-refractivity contribution in [3.63, 3.8) is 0 Å². The quantitative estimate of drug-likeness (QED) is 0.0357. The van der Waals surface area contributed by atoms with Gasteiger partial charge < -0.3 is 28.8 Å². The average Bonchev–Trinajstić information content (AvgIpc) is 3.49. The highest BCUT2D eigenvalue weighted by atomic mass is 31.2. The van der Waals surface area contributed by atoms with Gasteiger partial charge in [0.15, 0.2) is 0 Å². The SMILES string of the molecule is CCCCCCCCCCCCCCCCCCCCCCCCCCCCCCCCCC(O)C(COP(=O)([O-])OCC[N+](C)(C)C)NC(=O)CCCCCCCCCCCCCCCCCCCCCCCCCCCCCCCC. The molecule has 83 heavy (non-hydrogen) atoms. The summed E-state index contributed by atoms with van der Waals surface area (Å²) in [6.45, 7) is 4.81. The van der Waals surface area contributed by atoms with Gasteiger partial charge in [-0.15, -0.1) is 0 Å². The van der Waals surface area contributed by atoms with Crippen molar-refractivity contribution < 1.29 is 32.9 Å². The van der Waals surface area contributed by atoms with Crippen LogP contribution in [0.2, 0.25) is 0 Å². The fraction of sp³-hybridized carbons (Fsp3) is 0.986. The number of phosphoric acid groups is 1. The molecule has 8 nitrogen and oxygen atoms in total. The van der Waals surface area contributed by atoms with Crippen LogP contribution in [0.4, 0.5) is 0 Å². The number of hydrogen-bond donors (Lipinski definition) is 2. The Labute approximate surface area is 520 Å². The number of nitrogens with one attached hydrogen (secondary N) is 1. The van der Waals surface area contributed by atoms with Crippen molar-refractivity contribution in [2.24, 2.45) is 0 Å². The van der Waals surface area contributed by atoms with Crippen LogP contribution in [0, 0.1) is 0 Å². The Balaban J connectivity index is 3.94. The maximum atomic E-state index is 13.1. The number of carbonyl (C=O) groups is 1. The Morgan fingerprint density at radius 2 is 0.590 bits per heavy atom. The summed E-state index contributed by atoms with van der Waals surface area (Å²) in [5.74, 6) is -0.152. The van der Waals surface area contributed by atoms with Crippen molar-refractivity contribution in [2.75, 3.05) is 40.9 Å². The second-order valence-electron chi connectivity index (χ2n) is 27.7. The monoisotopic (exact) mass is 1200 g/mol. The Hall–Kier alpha value is -0.500. The van der Waals surface area contributed by atoms with E-state index in [9.17, 15) is 19.4 Å². The van der Waals surface area contributed by atoms with Crippen molar-refractivity contribution in [3.05, 3.63) is 0 Å². The van der Waals surface area contributed by atoms with Gasteiger partial charge in [0.1, 0.15) is 13.2 Å². The molecule has 1 amide bonds. The molecular formula is C74H151N2O6P. The highest BCUT2D eigenvalue weighted by Gasteiger charge is 2.24. The number of rotatable bonds is 72. The summed E-state index contributed by atoms with van der Waals surface area (Å²) in [4.78, 5) is 25.7. The lowest BCUT2D eigenvalue weighted by Gasteiger charge is -2.30. The maximum Gasteiger partial charge on any atom is 0.268 e. The van der Waals surface area contributed by atoms with Gasteiger partial charge in [-0.25, -0.2) is 0 Å². The van der Waals surface area contributed by atoms with E-state index in [1.165, 1.54) is 353 Å². The largest absolute Gasteiger partial charge is 0.756 e. The molecule has 0 aromatic rings. The van der Waals surface area contributed by atoms with E-state index in [-0.39, 0.29) is 19.1 Å². The number of phosphoric ester groups is 1. The molecule has 2 N–H and O–H groups in total. The number of quaternary nitrogens is 1. The molecule has 0 aliphatic heterocycles. The van der Waals surface area contributed by atoms with Gasteiger partial charge in [0.2, 0.25) is 5.91 Å². The summed E-state index contributed by atoms with van der Waals surface area (Å²) in [5.41, 5.74) is 0. The highest BCUT2D eigenvalue weighted by molar-refractivity contribution is 7.45. The van der Waals surface area contributed by atoms with Gasteiger partial charge in [-0.2, -0.15) is 0 Å². The first-order chi connectivity index (χ1) is 40.5. The first kappa shape index (κ1) is 82.5. The van der Waals surface area contributed by atoms with E-state index in [4.69, 9.17) is 9.05 Å². The summed E-state index contributed by atoms with van der Waals surface area (Å²) < 4.78 is 23.6. The fourth-order valence-corrected chi connectivity index (χ4v) is 12.9. The normalized spacial score (nSPS) is 13.5. The minimum Gasteiger partial charge on any atom is -0.756 e. The van der Waals surface area contributed by atoms with Gasteiger partial charge in [-0.1, -0.05) is 399 Å². The first-order valence-corrected chi connectivity index (χ1v) is 39.3. The molecule has 3 atom stereocenters. The third-order valence-corrected chi connectivity index (χ3v) is 19.1. The van der Waals surface area contributed by atoms with E-state index in [1.807, 2.05) is 21.1 Å². The summed E-state index contributed by atoms with van der Waals surface area (Å²) >= 11 is 0. The van der Waals surface area contributed by atoms with Crippen molar-refractivity contribution >= 4 is 13.7 Å². The van der Waals surface area contributed by atoms with Crippen molar-refractivity contribution in [1.82, 2.24) is 5.32 Å². The fourth-order valence-electron chi connectivity index (χ4n) is 12.2. The summed E-state index contributed by atoms with van der Waals surface area (Å²) in [5, 5.41) is 14.1. The number of nitrogens with zero attached hydrogens (tertiary/aromatic N) is 1. The molecule has 0 heterocycles. The average molecular weight is 1200 g/mol. The third-order valence-electron chi connectivity index (χ3n) is 18.1. The Morgan fingerprint density at radius 1 is 0.373 bits per heavy atom. The molecule has 0 saturated carbocycles. The predicted molar refractivity (Wildman–Crippen MR) is 363 cm³/mol. The minimum absolute atomic E-state index is 0.0171. The van der Waals surface area contributed by atoms with Crippen LogP contribution in [0.5, 0.6) is 0 Å². The van der Waals surface area contributed by atoms with Crippen LogP contribution in [0.1, 0.15) is 418 Å². The molecule has 0 aliphatic rings. The van der Waals surface area contributed by atoms with Gasteiger partial charge in [0.25, 0.3) is 7.82 Å². The molecule has 0 fully saturated rings. The molecule has 3 unspecified atom stereocenters. The second kappa shape index (κ2) is 65.9. The summed E-state index contributed by atoms with van der Waals surface area (Å²) in [6.07, 6.45) is 83.5. The van der Waals surface area contributed by atoms with Crippen molar-refractivity contribution in [3.8, 4) is 0 Å². The Kier molecular flexibility index (Phi) is 65.5. The lowest BCUT2D eigenvalue weighted by molar-refractivity contribution is -0.870. The van der Waals surface area contributed by atoms with Crippen LogP contribution in [0.15, 0.2) is 0 Å². The number of carbonyl (C=O) groups excluding carboxylic acids is 1. The standard InChI is InChI=1S/C74H151N2O6P/c1-6-8-10-12-14-16-18-20-22-24-26-28-30-32-34-36-38-39-41-43-45-47-49-51-53-55-57-59-61-63-65-67-73(77)72(71-82-83(79,80)81-70-69-76(3,4)5)75-74(78)68-66-64-62-60-58-56-54-52-50-48-46-44-42-40-37-35-33-31-29-27-25-23-21-19-17-15-13-11-9-7-2/h72-73,77H,6-71H2,1-5H3,(H-,75,78,79,80). The predicted octanol–water partition coefficient (Wildman–Crippen LogP) is 23.7. The molecule has 0 radical (unpaired) electrons. The van der Waals surface area contributed by atoms with Crippen molar-refractivity contribution in [1.29, 1.82) is 0 Å². The van der Waals surface area contributed by atoms with Gasteiger partial charge in [0.05, 0.1) is 39.9 Å². The second-order valence-corrected chi connectivity index (χ2v) is 29.1. The zero-order valence-corrected chi connectivity index (χ0v) is 58.1. The van der Waals surface area contributed by atoms with Crippen LogP contribution in [0.25, 0.3) is 0 Å². The molecule has 9 heteroatoms. The van der Waals surface area contributed by atoms with E-state index < -0.39 is 20.0 Å². The molecule has 0 bridgehead atoms. The summed E-state index contributed by atoms with van der Waals surface area (Å²) in [7, 11) is 1.33. The van der Waals surface area contributed by atoms with Gasteiger partial charge in [-0.3, -0.25) is 9.36 Å². The van der Waals surface area contributed by atoms with E-state index in [1.54, 1.807) is 0 Å². The maximum absolute atomic E-state index is 13.1. The number of unbranched alkanes of at least 4 members (excludes halogenated alkanes) is 59. The molecule has 0 aromatic heterocycles. The van der Waals surface area contributed by atoms with Gasteiger partial charge >= 0.3 is 0 Å². The Morgan fingerprint density at radius 3 is 0.819 bits per heavy atom. The Bertz CT molecular complexity index is 1310. The molecule has 0 aromatic carbocycles. The molecule has 498 valence electrons. The van der Waals surface area contributed by atoms with E-state index in [0.717, 1.165) is 38.5 Å². The number of likely N-dealkylation sites (N-methyl/N-ethyl adjacent to an activating group) is 1. The number of aliphatic hydroxyl groups excluding tert-OH is 1. The van der Waals surface area contributed by atoms with Crippen LogP contribution >= 0.6 is 7.82 Å². The highest BCUT2D eigenvalue weighted by Crippen LogP contribution is 2.38. The van der Waals surface area contributed by atoms with Gasteiger partial charge in [-0.05, 0) is 12.8 Å². The van der Waals surface area contributed by atoms with E-state index >= 15 is 0 Å². The number of amides is 1. The van der Waals surface area contributed by atoms with Crippen LogP contribution < -0.4 is 10.2 Å². The van der Waals surface area contributed by atoms with Crippen LogP contribution in [-0.4, -0.2) is 68.5 Å². The molecule has 0 rings (SSSR count). The smallest absolute Gasteiger partial charge is 0.268 e. The van der Waals surface area contributed by atoms with E-state index in [2.05, 4.69) is 19.2 Å². The van der Waals surface area contributed by atoms with Crippen molar-refractivity contribution in [2.45, 2.75) is 431 Å². The first-order valence-electron chi connectivity index (χ1n) is 37.9. The lowest BCUT2D eigenvalue weighted by atomic mass is 10.0. The zero-order valence-electron chi connectivity index (χ0n) is 57.2. The molecular weight excluding hydrogens is 1040 g/mol. The van der Waals surface area contributed by atoms with Crippen LogP contribution in [0.3, 0.4) is 0 Å². The third kappa shape index (κ3) is 68.8. The number of aliphatic hydroxyl groups is 1. The lowest BCUT2D eigenvalue weighted by Crippen LogP contribution is -2.46. The minimum atomic E-state index is -4.58. The van der Waals surface area contributed by atoms with E-state index in [0.29, 0.717) is 23.9 Å². The van der Waals surface area contributed by atoms with Crippen LogP contribution in [-0.2, 0) is 18.4 Å². The summed E-state index contributed by atoms with van der Waals surface area (Å²) in [6, 6.07) is -0.797. The zero-order chi connectivity index (χ0) is 60.5. The molecule has 0 aliphatic carbocycles. The molecule has 0 spiro atoms.